The molecular formula is C24H18F4N4OS. The lowest BCUT2D eigenvalue weighted by Gasteiger charge is -2.12. The molecule has 0 fully saturated rings. The minimum absolute atomic E-state index is 0.0347. The molecule has 0 aliphatic heterocycles. The number of benzene rings is 3. The molecular weight excluding hydrogens is 468 g/mol. The first-order valence-corrected chi connectivity index (χ1v) is 11.1. The van der Waals surface area contributed by atoms with Gasteiger partial charge in [-0.05, 0) is 49.4 Å². The largest absolute Gasteiger partial charge is 0.416 e. The van der Waals surface area contributed by atoms with Gasteiger partial charge in [0.2, 0.25) is 5.91 Å². The topological polar surface area (TPSA) is 59.8 Å². The second kappa shape index (κ2) is 9.68. The number of nitrogens with zero attached hydrogens (tertiary/aromatic N) is 3. The van der Waals surface area contributed by atoms with E-state index in [2.05, 4.69) is 15.5 Å². The van der Waals surface area contributed by atoms with Gasteiger partial charge in [-0.2, -0.15) is 13.2 Å². The molecule has 1 amide bonds. The third-order valence-corrected chi connectivity index (χ3v) is 5.78. The molecule has 5 nitrogen and oxygen atoms in total. The molecule has 0 spiro atoms. The van der Waals surface area contributed by atoms with E-state index in [1.807, 2.05) is 31.2 Å². The molecule has 0 aliphatic carbocycles. The zero-order valence-electron chi connectivity index (χ0n) is 17.8. The van der Waals surface area contributed by atoms with Crippen molar-refractivity contribution in [3.63, 3.8) is 0 Å². The summed E-state index contributed by atoms with van der Waals surface area (Å²) in [6.07, 6.45) is -4.51. The Labute approximate surface area is 196 Å². The fourth-order valence-corrected chi connectivity index (χ4v) is 3.96. The minimum Gasteiger partial charge on any atom is -0.325 e. The van der Waals surface area contributed by atoms with E-state index >= 15 is 0 Å². The molecule has 1 aromatic heterocycles. The highest BCUT2D eigenvalue weighted by Gasteiger charge is 2.30. The van der Waals surface area contributed by atoms with Gasteiger partial charge in [-0.1, -0.05) is 47.7 Å². The van der Waals surface area contributed by atoms with Crippen LogP contribution in [0.3, 0.4) is 0 Å². The first-order chi connectivity index (χ1) is 16.2. The second-order valence-electron chi connectivity index (χ2n) is 7.37. The smallest absolute Gasteiger partial charge is 0.325 e. The van der Waals surface area contributed by atoms with Crippen LogP contribution in [0.15, 0.2) is 78.0 Å². The van der Waals surface area contributed by atoms with Gasteiger partial charge in [0, 0.05) is 11.4 Å². The zero-order chi connectivity index (χ0) is 24.3. The number of carbonyl (C=O) groups excluding carboxylic acids is 1. The summed E-state index contributed by atoms with van der Waals surface area (Å²) in [6.45, 7) is 1.93. The Morgan fingerprint density at radius 1 is 1.00 bits per heavy atom. The number of aryl methyl sites for hydroxylation is 1. The van der Waals surface area contributed by atoms with Gasteiger partial charge in [0.05, 0.1) is 16.9 Å². The molecule has 1 heterocycles. The third kappa shape index (κ3) is 5.28. The summed E-state index contributed by atoms with van der Waals surface area (Å²) in [5, 5.41) is 11.1. The van der Waals surface area contributed by atoms with E-state index < -0.39 is 23.5 Å². The lowest BCUT2D eigenvalue weighted by molar-refractivity contribution is -0.137. The normalized spacial score (nSPS) is 11.4. The lowest BCUT2D eigenvalue weighted by atomic mass is 10.2. The molecule has 0 saturated heterocycles. The molecule has 174 valence electrons. The molecule has 1 N–H and O–H groups in total. The molecule has 0 aliphatic rings. The van der Waals surface area contributed by atoms with Gasteiger partial charge in [0.15, 0.2) is 11.0 Å². The van der Waals surface area contributed by atoms with E-state index in [1.54, 1.807) is 22.8 Å². The monoisotopic (exact) mass is 486 g/mol. The molecule has 10 heteroatoms. The van der Waals surface area contributed by atoms with Crippen molar-refractivity contribution < 1.29 is 22.4 Å². The van der Waals surface area contributed by atoms with Crippen molar-refractivity contribution in [3.05, 3.63) is 89.7 Å². The van der Waals surface area contributed by atoms with Crippen molar-refractivity contribution >= 4 is 23.4 Å². The summed E-state index contributed by atoms with van der Waals surface area (Å²) in [4.78, 5) is 12.4. The van der Waals surface area contributed by atoms with Crippen molar-refractivity contribution in [2.45, 2.75) is 18.3 Å². The Morgan fingerprint density at radius 3 is 2.44 bits per heavy atom. The Bertz CT molecular complexity index is 1320. The number of aromatic nitrogens is 3. The van der Waals surface area contributed by atoms with Crippen LogP contribution < -0.4 is 5.32 Å². The summed E-state index contributed by atoms with van der Waals surface area (Å²) >= 11 is 1.04. The number of halogens is 4. The lowest BCUT2D eigenvalue weighted by Crippen LogP contribution is -2.15. The third-order valence-electron chi connectivity index (χ3n) is 4.85. The first-order valence-electron chi connectivity index (χ1n) is 10.1. The van der Waals surface area contributed by atoms with Crippen molar-refractivity contribution in [3.8, 4) is 17.1 Å². The maximum Gasteiger partial charge on any atom is 0.416 e. The summed E-state index contributed by atoms with van der Waals surface area (Å²) < 4.78 is 54.9. The average molecular weight is 486 g/mol. The van der Waals surface area contributed by atoms with Gasteiger partial charge in [-0.3, -0.25) is 9.36 Å². The summed E-state index contributed by atoms with van der Waals surface area (Å²) in [7, 11) is 0. The first kappa shape index (κ1) is 23.5. The number of amides is 1. The highest BCUT2D eigenvalue weighted by molar-refractivity contribution is 7.99. The van der Waals surface area contributed by atoms with Crippen molar-refractivity contribution in [2.75, 3.05) is 11.1 Å². The van der Waals surface area contributed by atoms with Crippen LogP contribution in [0, 0.1) is 12.7 Å². The maximum absolute atomic E-state index is 14.5. The molecule has 0 atom stereocenters. The van der Waals surface area contributed by atoms with Crippen LogP contribution in [0.2, 0.25) is 0 Å². The van der Waals surface area contributed by atoms with Gasteiger partial charge in [0.25, 0.3) is 0 Å². The standard InChI is InChI=1S/C24H18F4N4OS/c1-15-9-11-18(12-10-15)32-22(19-7-2-3-8-20(19)25)30-31-23(32)34-14-21(33)29-17-6-4-5-16(13-17)24(26,27)28/h2-13H,14H2,1H3,(H,29,33). The van der Waals surface area contributed by atoms with Crippen LogP contribution in [0.4, 0.5) is 23.2 Å². The Hall–Kier alpha value is -3.66. The predicted molar refractivity (Wildman–Crippen MR) is 122 cm³/mol. The summed E-state index contributed by atoms with van der Waals surface area (Å²) in [5.74, 6) is -0.864. The van der Waals surface area contributed by atoms with Crippen LogP contribution in [0.1, 0.15) is 11.1 Å². The van der Waals surface area contributed by atoms with Gasteiger partial charge >= 0.3 is 6.18 Å². The van der Waals surface area contributed by atoms with E-state index in [4.69, 9.17) is 0 Å². The minimum atomic E-state index is -4.51. The Morgan fingerprint density at radius 2 is 1.74 bits per heavy atom. The van der Waals surface area contributed by atoms with Crippen molar-refractivity contribution in [2.24, 2.45) is 0 Å². The van der Waals surface area contributed by atoms with Gasteiger partial charge in [0.1, 0.15) is 5.82 Å². The average Bonchev–Trinajstić information content (AvgIpc) is 3.22. The Kier molecular flexibility index (Phi) is 6.69. The summed E-state index contributed by atoms with van der Waals surface area (Å²) in [6, 6.07) is 18.0. The molecule has 4 rings (SSSR count). The maximum atomic E-state index is 14.5. The van der Waals surface area contributed by atoms with E-state index in [9.17, 15) is 22.4 Å². The number of alkyl halides is 3. The van der Waals surface area contributed by atoms with Crippen molar-refractivity contribution in [1.29, 1.82) is 0 Å². The number of thioether (sulfide) groups is 1. The highest BCUT2D eigenvalue weighted by atomic mass is 32.2. The van der Waals surface area contributed by atoms with Crippen LogP contribution >= 0.6 is 11.8 Å². The van der Waals surface area contributed by atoms with E-state index in [0.717, 1.165) is 29.5 Å². The molecule has 0 saturated carbocycles. The number of anilines is 1. The van der Waals surface area contributed by atoms with Crippen LogP contribution in [-0.4, -0.2) is 26.4 Å². The number of rotatable bonds is 6. The van der Waals surface area contributed by atoms with Gasteiger partial charge in [-0.15, -0.1) is 10.2 Å². The number of carbonyl (C=O) groups is 1. The molecule has 0 bridgehead atoms. The van der Waals surface area contributed by atoms with Crippen LogP contribution in [-0.2, 0) is 11.0 Å². The van der Waals surface area contributed by atoms with Gasteiger partial charge in [-0.25, -0.2) is 4.39 Å². The highest BCUT2D eigenvalue weighted by Crippen LogP contribution is 2.32. The fourth-order valence-electron chi connectivity index (χ4n) is 3.21. The number of hydrogen-bond donors (Lipinski definition) is 1. The fraction of sp³-hybridized carbons (Fsp3) is 0.125. The van der Waals surface area contributed by atoms with Crippen LogP contribution in [0.5, 0.6) is 0 Å². The second-order valence-corrected chi connectivity index (χ2v) is 8.31. The quantitative estimate of drug-likeness (QED) is 0.263. The SMILES string of the molecule is Cc1ccc(-n2c(SCC(=O)Nc3cccc(C(F)(F)F)c3)nnc2-c2ccccc2F)cc1. The molecule has 3 aromatic carbocycles. The van der Waals surface area contributed by atoms with Crippen molar-refractivity contribution in [1.82, 2.24) is 14.8 Å². The van der Waals surface area contributed by atoms with Gasteiger partial charge < -0.3 is 5.32 Å². The molecule has 4 aromatic rings. The molecule has 0 unspecified atom stereocenters. The molecule has 0 radical (unpaired) electrons. The summed E-state index contributed by atoms with van der Waals surface area (Å²) in [5.41, 5.74) is 1.13. The number of hydrogen-bond acceptors (Lipinski definition) is 4. The van der Waals surface area contributed by atoms with E-state index in [1.165, 1.54) is 18.2 Å². The number of nitrogens with one attached hydrogen (secondary N) is 1. The van der Waals surface area contributed by atoms with Crippen LogP contribution in [0.25, 0.3) is 17.1 Å². The van der Waals surface area contributed by atoms with E-state index in [-0.39, 0.29) is 22.8 Å². The Balaban J connectivity index is 1.58. The molecule has 34 heavy (non-hydrogen) atoms. The van der Waals surface area contributed by atoms with E-state index in [0.29, 0.717) is 10.8 Å². The zero-order valence-corrected chi connectivity index (χ0v) is 18.6. The predicted octanol–water partition coefficient (Wildman–Crippen LogP) is 6.13.